The molecule has 3 heteroatoms. The minimum Gasteiger partial charge on any atom is -0.268 e. The largest absolute Gasteiger partial charge is 0.268 e. The van der Waals surface area contributed by atoms with Gasteiger partial charge >= 0.3 is 0 Å². The molecule has 1 fully saturated rings. The van der Waals surface area contributed by atoms with E-state index < -0.39 is 0 Å². The maximum absolute atomic E-state index is 11.2. The fraction of sp³-hybridized carbons (Fsp3) is 0.500. The minimum absolute atomic E-state index is 0.0260. The third-order valence-electron chi connectivity index (χ3n) is 1.85. The summed E-state index contributed by atoms with van der Waals surface area (Å²) >= 11 is 0. The van der Waals surface area contributed by atoms with Crippen LogP contribution in [0.4, 0.5) is 0 Å². The topological polar surface area (TPSA) is 34.9 Å². The molecular weight excluding hydrogens is 140 g/mol. The van der Waals surface area contributed by atoms with Gasteiger partial charge in [0, 0.05) is 6.07 Å². The first-order valence-electron chi connectivity index (χ1n) is 3.84. The second kappa shape index (κ2) is 2.19. The molecule has 0 aliphatic heterocycles. The van der Waals surface area contributed by atoms with Crippen molar-refractivity contribution in [1.29, 1.82) is 0 Å². The van der Waals surface area contributed by atoms with E-state index in [4.69, 9.17) is 0 Å². The Labute approximate surface area is 64.7 Å². The first kappa shape index (κ1) is 6.58. The van der Waals surface area contributed by atoms with Crippen LogP contribution in [-0.4, -0.2) is 9.78 Å². The highest BCUT2D eigenvalue weighted by Crippen LogP contribution is 2.32. The van der Waals surface area contributed by atoms with Gasteiger partial charge in [-0.1, -0.05) is 0 Å². The lowest BCUT2D eigenvalue weighted by molar-refractivity contribution is 0.590. The van der Waals surface area contributed by atoms with Gasteiger partial charge in [0.2, 0.25) is 0 Å². The van der Waals surface area contributed by atoms with Crippen LogP contribution in [0, 0.1) is 6.92 Å². The molecule has 11 heavy (non-hydrogen) atoms. The highest BCUT2D eigenvalue weighted by atomic mass is 16.1. The Balaban J connectivity index is 2.51. The summed E-state index contributed by atoms with van der Waals surface area (Å²) < 4.78 is 1.59. The van der Waals surface area contributed by atoms with E-state index in [-0.39, 0.29) is 5.56 Å². The van der Waals surface area contributed by atoms with Crippen molar-refractivity contribution in [3.63, 3.8) is 0 Å². The van der Waals surface area contributed by atoms with Crippen molar-refractivity contribution in [2.75, 3.05) is 0 Å². The monoisotopic (exact) mass is 150 g/mol. The summed E-state index contributed by atoms with van der Waals surface area (Å²) in [6.45, 7) is 1.90. The maximum Gasteiger partial charge on any atom is 0.267 e. The fourth-order valence-electron chi connectivity index (χ4n) is 1.10. The van der Waals surface area contributed by atoms with Crippen LogP contribution in [0.1, 0.15) is 24.6 Å². The molecule has 0 unspecified atom stereocenters. The summed E-state index contributed by atoms with van der Waals surface area (Å²) in [5, 5.41) is 4.14. The normalized spacial score (nSPS) is 16.8. The number of aromatic nitrogens is 2. The molecular formula is C8H10N2O. The summed E-state index contributed by atoms with van der Waals surface area (Å²) in [4.78, 5) is 11.2. The van der Waals surface area contributed by atoms with Gasteiger partial charge in [0.05, 0.1) is 11.7 Å². The molecule has 1 aliphatic rings. The molecule has 1 saturated carbocycles. The molecule has 1 aromatic rings. The number of aryl methyl sites for hydroxylation is 1. The van der Waals surface area contributed by atoms with Gasteiger partial charge in [-0.3, -0.25) is 4.79 Å². The van der Waals surface area contributed by atoms with Crippen LogP contribution >= 0.6 is 0 Å². The molecule has 0 atom stereocenters. The SMILES string of the molecule is Cc1ccc(=O)n(C2CC2)n1. The lowest BCUT2D eigenvalue weighted by atomic mass is 10.4. The zero-order chi connectivity index (χ0) is 7.84. The third-order valence-corrected chi connectivity index (χ3v) is 1.85. The molecule has 0 N–H and O–H groups in total. The lowest BCUT2D eigenvalue weighted by Gasteiger charge is -2.00. The third kappa shape index (κ3) is 1.18. The standard InChI is InChI=1S/C8H10N2O/c1-6-2-5-8(11)10(9-6)7-3-4-7/h2,5,7H,3-4H2,1H3. The van der Waals surface area contributed by atoms with E-state index in [9.17, 15) is 4.79 Å². The van der Waals surface area contributed by atoms with Crippen LogP contribution in [0.25, 0.3) is 0 Å². The average Bonchev–Trinajstić information content (AvgIpc) is 2.76. The number of hydrogen-bond acceptors (Lipinski definition) is 2. The molecule has 0 aromatic carbocycles. The molecule has 2 rings (SSSR count). The number of rotatable bonds is 1. The van der Waals surface area contributed by atoms with Gasteiger partial charge < -0.3 is 0 Å². The molecule has 0 bridgehead atoms. The Kier molecular flexibility index (Phi) is 1.31. The van der Waals surface area contributed by atoms with Gasteiger partial charge in [-0.05, 0) is 25.8 Å². The summed E-state index contributed by atoms with van der Waals surface area (Å²) in [6, 6.07) is 3.73. The zero-order valence-electron chi connectivity index (χ0n) is 6.45. The summed E-state index contributed by atoms with van der Waals surface area (Å²) in [6.07, 6.45) is 2.22. The van der Waals surface area contributed by atoms with E-state index in [0.717, 1.165) is 18.5 Å². The Morgan fingerprint density at radius 1 is 1.55 bits per heavy atom. The Morgan fingerprint density at radius 2 is 2.27 bits per heavy atom. The van der Waals surface area contributed by atoms with Crippen molar-refractivity contribution >= 4 is 0 Å². The van der Waals surface area contributed by atoms with E-state index in [0.29, 0.717) is 6.04 Å². The van der Waals surface area contributed by atoms with Gasteiger partial charge in [-0.15, -0.1) is 0 Å². The Hall–Kier alpha value is -1.12. The Morgan fingerprint density at radius 3 is 2.91 bits per heavy atom. The van der Waals surface area contributed by atoms with E-state index in [1.807, 2.05) is 6.92 Å². The van der Waals surface area contributed by atoms with Crippen molar-refractivity contribution in [1.82, 2.24) is 9.78 Å². The van der Waals surface area contributed by atoms with Gasteiger partial charge in [-0.25, -0.2) is 4.68 Å². The van der Waals surface area contributed by atoms with E-state index in [2.05, 4.69) is 5.10 Å². The molecule has 3 nitrogen and oxygen atoms in total. The highest BCUT2D eigenvalue weighted by Gasteiger charge is 2.25. The molecule has 0 spiro atoms. The van der Waals surface area contributed by atoms with Gasteiger partial charge in [0.15, 0.2) is 0 Å². The molecule has 0 radical (unpaired) electrons. The predicted molar refractivity (Wildman–Crippen MR) is 41.5 cm³/mol. The predicted octanol–water partition coefficient (Wildman–Crippen LogP) is 0.887. The van der Waals surface area contributed by atoms with Crippen LogP contribution in [0.3, 0.4) is 0 Å². The quantitative estimate of drug-likeness (QED) is 0.595. The molecule has 1 aliphatic carbocycles. The maximum atomic E-state index is 11.2. The van der Waals surface area contributed by atoms with E-state index in [1.165, 1.54) is 0 Å². The van der Waals surface area contributed by atoms with Crippen molar-refractivity contribution in [2.24, 2.45) is 0 Å². The smallest absolute Gasteiger partial charge is 0.267 e. The molecule has 0 amide bonds. The van der Waals surface area contributed by atoms with Crippen LogP contribution < -0.4 is 5.56 Å². The van der Waals surface area contributed by atoms with E-state index >= 15 is 0 Å². The highest BCUT2D eigenvalue weighted by molar-refractivity contribution is 4.99. The number of nitrogens with zero attached hydrogens (tertiary/aromatic N) is 2. The van der Waals surface area contributed by atoms with Crippen LogP contribution in [0.15, 0.2) is 16.9 Å². The van der Waals surface area contributed by atoms with Gasteiger partial charge in [0.1, 0.15) is 0 Å². The first-order valence-corrected chi connectivity index (χ1v) is 3.84. The lowest BCUT2D eigenvalue weighted by Crippen LogP contribution is -2.21. The van der Waals surface area contributed by atoms with Gasteiger partial charge in [0.25, 0.3) is 5.56 Å². The van der Waals surface area contributed by atoms with Crippen molar-refractivity contribution in [3.8, 4) is 0 Å². The second-order valence-corrected chi connectivity index (χ2v) is 2.99. The summed E-state index contributed by atoms with van der Waals surface area (Å²) in [5.74, 6) is 0. The van der Waals surface area contributed by atoms with Crippen LogP contribution in [-0.2, 0) is 0 Å². The van der Waals surface area contributed by atoms with Gasteiger partial charge in [-0.2, -0.15) is 5.10 Å². The number of hydrogen-bond donors (Lipinski definition) is 0. The van der Waals surface area contributed by atoms with Crippen molar-refractivity contribution < 1.29 is 0 Å². The summed E-state index contributed by atoms with van der Waals surface area (Å²) in [5.41, 5.74) is 0.939. The first-order chi connectivity index (χ1) is 5.27. The molecule has 1 heterocycles. The Bertz CT molecular complexity index is 325. The van der Waals surface area contributed by atoms with E-state index in [1.54, 1.807) is 16.8 Å². The second-order valence-electron chi connectivity index (χ2n) is 2.99. The summed E-state index contributed by atoms with van der Waals surface area (Å²) in [7, 11) is 0. The zero-order valence-corrected chi connectivity index (χ0v) is 6.45. The minimum atomic E-state index is 0.0260. The molecule has 58 valence electrons. The van der Waals surface area contributed by atoms with Crippen molar-refractivity contribution in [3.05, 3.63) is 28.2 Å². The van der Waals surface area contributed by atoms with Crippen molar-refractivity contribution in [2.45, 2.75) is 25.8 Å². The molecule has 1 aromatic heterocycles. The van der Waals surface area contributed by atoms with Crippen LogP contribution in [0.5, 0.6) is 0 Å². The fourth-order valence-corrected chi connectivity index (χ4v) is 1.10. The van der Waals surface area contributed by atoms with Crippen LogP contribution in [0.2, 0.25) is 0 Å². The average molecular weight is 150 g/mol. The molecule has 0 saturated heterocycles.